The summed E-state index contributed by atoms with van der Waals surface area (Å²) < 4.78 is 19.8. The summed E-state index contributed by atoms with van der Waals surface area (Å²) in [5, 5.41) is 10.3. The maximum atomic E-state index is 14.5. The van der Waals surface area contributed by atoms with E-state index in [-0.39, 0.29) is 11.4 Å². The fourth-order valence-corrected chi connectivity index (χ4v) is 3.47. The van der Waals surface area contributed by atoms with Crippen LogP contribution in [0.15, 0.2) is 66.7 Å². The second-order valence-corrected chi connectivity index (χ2v) is 7.03. The summed E-state index contributed by atoms with van der Waals surface area (Å²) >= 11 is 0. The molecule has 0 fully saturated rings. The molecule has 1 N–H and O–H groups in total. The summed E-state index contributed by atoms with van der Waals surface area (Å²) in [6, 6.07) is 19.2. The highest BCUT2D eigenvalue weighted by molar-refractivity contribution is 6.04. The average molecular weight is 401 g/mol. The molecule has 4 rings (SSSR count). The molecule has 0 aliphatic rings. The van der Waals surface area contributed by atoms with Gasteiger partial charge in [-0.1, -0.05) is 35.9 Å². The monoisotopic (exact) mass is 401 g/mol. The maximum absolute atomic E-state index is 14.5. The summed E-state index contributed by atoms with van der Waals surface area (Å²) in [5.41, 5.74) is 4.31. The van der Waals surface area contributed by atoms with Crippen LogP contribution in [0.25, 0.3) is 33.3 Å². The van der Waals surface area contributed by atoms with Gasteiger partial charge >= 0.3 is 5.97 Å². The third-order valence-electron chi connectivity index (χ3n) is 4.94. The number of pyridine rings is 1. The Hall–Kier alpha value is -3.73. The number of halogens is 1. The van der Waals surface area contributed by atoms with Crippen LogP contribution in [0.4, 0.5) is 4.39 Å². The first-order chi connectivity index (χ1) is 14.5. The molecule has 0 aliphatic carbocycles. The molecule has 0 saturated heterocycles. The van der Waals surface area contributed by atoms with E-state index in [4.69, 9.17) is 4.74 Å². The van der Waals surface area contributed by atoms with E-state index in [0.717, 1.165) is 11.1 Å². The van der Waals surface area contributed by atoms with Crippen molar-refractivity contribution in [1.82, 2.24) is 4.98 Å². The van der Waals surface area contributed by atoms with Crippen molar-refractivity contribution >= 4 is 16.9 Å². The molecule has 0 spiro atoms. The normalized spacial score (nSPS) is 10.9. The molecule has 1 heterocycles. The molecule has 0 bridgehead atoms. The highest BCUT2D eigenvalue weighted by atomic mass is 19.1. The van der Waals surface area contributed by atoms with Crippen LogP contribution in [-0.4, -0.2) is 22.7 Å². The second-order valence-electron chi connectivity index (χ2n) is 7.03. The van der Waals surface area contributed by atoms with Gasteiger partial charge < -0.3 is 9.84 Å². The number of aromatic nitrogens is 1. The number of carboxylic acid groups (broad SMARTS) is 1. The lowest BCUT2D eigenvalue weighted by molar-refractivity contribution is 0.0699. The predicted molar refractivity (Wildman–Crippen MR) is 115 cm³/mol. The van der Waals surface area contributed by atoms with Crippen LogP contribution in [0.2, 0.25) is 0 Å². The number of carboxylic acids is 1. The van der Waals surface area contributed by atoms with Crippen LogP contribution < -0.4 is 4.74 Å². The number of nitrogens with zero attached hydrogens (tertiary/aromatic N) is 1. The molecule has 0 atom stereocenters. The number of rotatable bonds is 5. The van der Waals surface area contributed by atoms with E-state index >= 15 is 0 Å². The molecule has 0 radical (unpaired) electrons. The van der Waals surface area contributed by atoms with Gasteiger partial charge in [0.2, 0.25) is 0 Å². The van der Waals surface area contributed by atoms with Crippen molar-refractivity contribution < 1.29 is 19.0 Å². The van der Waals surface area contributed by atoms with E-state index in [1.807, 2.05) is 44.2 Å². The van der Waals surface area contributed by atoms with Gasteiger partial charge in [0, 0.05) is 22.6 Å². The third kappa shape index (κ3) is 3.74. The van der Waals surface area contributed by atoms with Crippen LogP contribution in [0.1, 0.15) is 22.8 Å². The van der Waals surface area contributed by atoms with Crippen molar-refractivity contribution in [3.63, 3.8) is 0 Å². The summed E-state index contributed by atoms with van der Waals surface area (Å²) in [4.78, 5) is 16.4. The van der Waals surface area contributed by atoms with Crippen molar-refractivity contribution in [2.45, 2.75) is 13.8 Å². The number of ether oxygens (including phenoxy) is 1. The highest BCUT2D eigenvalue weighted by Crippen LogP contribution is 2.30. The largest absolute Gasteiger partial charge is 0.494 e. The number of fused-ring (bicyclic) bond motifs is 1. The predicted octanol–water partition coefficient (Wildman–Crippen LogP) is 6.11. The molecule has 5 heteroatoms. The van der Waals surface area contributed by atoms with E-state index in [1.54, 1.807) is 30.3 Å². The number of hydrogen-bond acceptors (Lipinski definition) is 3. The topological polar surface area (TPSA) is 59.4 Å². The Morgan fingerprint density at radius 3 is 2.40 bits per heavy atom. The Kier molecular flexibility index (Phi) is 5.19. The standard InChI is InChI=1S/C25H20FNO3/c1-3-30-18-9-10-19(22(26)13-18)16-5-7-17(8-6-16)24-14-21(25(28)29)20-12-15(2)4-11-23(20)27-24/h4-14H,3H2,1-2H3,(H,28,29). The van der Waals surface area contributed by atoms with Crippen LogP contribution in [0, 0.1) is 12.7 Å². The van der Waals surface area contributed by atoms with Gasteiger partial charge in [0.25, 0.3) is 0 Å². The van der Waals surface area contributed by atoms with Gasteiger partial charge in [0.15, 0.2) is 0 Å². The molecule has 0 unspecified atom stereocenters. The van der Waals surface area contributed by atoms with Gasteiger partial charge in [0.05, 0.1) is 23.4 Å². The van der Waals surface area contributed by atoms with Gasteiger partial charge in [-0.2, -0.15) is 0 Å². The Balaban J connectivity index is 1.73. The molecule has 4 nitrogen and oxygen atoms in total. The minimum Gasteiger partial charge on any atom is -0.494 e. The number of benzene rings is 3. The smallest absolute Gasteiger partial charge is 0.336 e. The fourth-order valence-electron chi connectivity index (χ4n) is 3.47. The van der Waals surface area contributed by atoms with Gasteiger partial charge in [-0.3, -0.25) is 0 Å². The van der Waals surface area contributed by atoms with Gasteiger partial charge in [-0.05, 0) is 49.7 Å². The van der Waals surface area contributed by atoms with Crippen molar-refractivity contribution in [2.24, 2.45) is 0 Å². The lowest BCUT2D eigenvalue weighted by atomic mass is 10.00. The van der Waals surface area contributed by atoms with Crippen LogP contribution in [-0.2, 0) is 0 Å². The van der Waals surface area contributed by atoms with Crippen molar-refractivity contribution in [3.05, 3.63) is 83.7 Å². The minimum atomic E-state index is -0.998. The zero-order valence-electron chi connectivity index (χ0n) is 16.6. The average Bonchev–Trinajstić information content (AvgIpc) is 2.73. The summed E-state index contributed by atoms with van der Waals surface area (Å²) in [6.07, 6.45) is 0. The highest BCUT2D eigenvalue weighted by Gasteiger charge is 2.14. The molecular weight excluding hydrogens is 381 g/mol. The molecule has 0 aliphatic heterocycles. The number of aromatic carboxylic acids is 1. The molecule has 3 aromatic carbocycles. The van der Waals surface area contributed by atoms with Crippen LogP contribution in [0.3, 0.4) is 0 Å². The number of hydrogen-bond donors (Lipinski definition) is 1. The van der Waals surface area contributed by atoms with E-state index in [0.29, 0.717) is 40.1 Å². The Labute approximate surface area is 173 Å². The SMILES string of the molecule is CCOc1ccc(-c2ccc(-c3cc(C(=O)O)c4cc(C)ccc4n3)cc2)c(F)c1. The molecular formula is C25H20FNO3. The third-order valence-corrected chi connectivity index (χ3v) is 4.94. The van der Waals surface area contributed by atoms with E-state index in [2.05, 4.69) is 4.98 Å². The van der Waals surface area contributed by atoms with Gasteiger partial charge in [0.1, 0.15) is 11.6 Å². The molecule has 30 heavy (non-hydrogen) atoms. The van der Waals surface area contributed by atoms with E-state index in [1.165, 1.54) is 6.07 Å². The molecule has 0 amide bonds. The second kappa shape index (κ2) is 7.95. The molecule has 1 aromatic heterocycles. The lowest BCUT2D eigenvalue weighted by Gasteiger charge is -2.10. The van der Waals surface area contributed by atoms with E-state index in [9.17, 15) is 14.3 Å². The first-order valence-electron chi connectivity index (χ1n) is 9.64. The summed E-state index contributed by atoms with van der Waals surface area (Å²) in [5.74, 6) is -0.865. The fraction of sp³-hybridized carbons (Fsp3) is 0.120. The maximum Gasteiger partial charge on any atom is 0.336 e. The first kappa shape index (κ1) is 19.6. The van der Waals surface area contributed by atoms with Crippen LogP contribution >= 0.6 is 0 Å². The number of carbonyl (C=O) groups is 1. The number of aryl methyl sites for hydroxylation is 1. The van der Waals surface area contributed by atoms with E-state index < -0.39 is 5.97 Å². The Morgan fingerprint density at radius 1 is 1.00 bits per heavy atom. The lowest BCUT2D eigenvalue weighted by Crippen LogP contribution is -2.00. The minimum absolute atomic E-state index is 0.209. The molecule has 4 aromatic rings. The van der Waals surface area contributed by atoms with Crippen LogP contribution in [0.5, 0.6) is 5.75 Å². The Morgan fingerprint density at radius 2 is 1.73 bits per heavy atom. The summed E-state index contributed by atoms with van der Waals surface area (Å²) in [7, 11) is 0. The molecule has 150 valence electrons. The Bertz CT molecular complexity index is 1250. The quantitative estimate of drug-likeness (QED) is 0.438. The zero-order chi connectivity index (χ0) is 21.3. The summed E-state index contributed by atoms with van der Waals surface area (Å²) in [6.45, 7) is 4.24. The van der Waals surface area contributed by atoms with Crippen molar-refractivity contribution in [2.75, 3.05) is 6.61 Å². The van der Waals surface area contributed by atoms with Gasteiger partial charge in [-0.15, -0.1) is 0 Å². The zero-order valence-corrected chi connectivity index (χ0v) is 16.6. The molecule has 0 saturated carbocycles. The van der Waals surface area contributed by atoms with Gasteiger partial charge in [-0.25, -0.2) is 14.2 Å². The van der Waals surface area contributed by atoms with Crippen molar-refractivity contribution in [3.8, 4) is 28.1 Å². The van der Waals surface area contributed by atoms with Crippen molar-refractivity contribution in [1.29, 1.82) is 0 Å². The first-order valence-corrected chi connectivity index (χ1v) is 9.64.